The second-order valence-corrected chi connectivity index (χ2v) is 10.7. The molecule has 8 nitrogen and oxygen atoms in total. The molecule has 4 rings (SSSR count). The fraction of sp³-hybridized carbons (Fsp3) is 0.238. The highest BCUT2D eigenvalue weighted by Crippen LogP contribution is 2.31. The first-order chi connectivity index (χ1) is 14.6. The molecule has 2 aliphatic rings. The van der Waals surface area contributed by atoms with Gasteiger partial charge < -0.3 is 4.57 Å². The molecule has 1 N–H and O–H groups in total. The van der Waals surface area contributed by atoms with E-state index in [4.69, 9.17) is 5.41 Å². The molecule has 0 spiro atoms. The SMILES string of the molecule is CCS(=O)(=O)C1=NN2C(=N)/C(=C/c3cc(C)n(-c4cccc(C)c4)c3C)C(=O)N=C2S1. The van der Waals surface area contributed by atoms with E-state index < -0.39 is 15.7 Å². The van der Waals surface area contributed by atoms with Crippen LogP contribution >= 0.6 is 11.8 Å². The fourth-order valence-electron chi connectivity index (χ4n) is 3.48. The van der Waals surface area contributed by atoms with Crippen molar-refractivity contribution < 1.29 is 13.2 Å². The second-order valence-electron chi connectivity index (χ2n) is 7.29. The molecule has 0 saturated heterocycles. The zero-order valence-electron chi connectivity index (χ0n) is 17.5. The van der Waals surface area contributed by atoms with Crippen LogP contribution in [-0.2, 0) is 14.6 Å². The predicted molar refractivity (Wildman–Crippen MR) is 124 cm³/mol. The van der Waals surface area contributed by atoms with Gasteiger partial charge in [-0.1, -0.05) is 19.1 Å². The summed E-state index contributed by atoms with van der Waals surface area (Å²) in [6.07, 6.45) is 1.62. The molecule has 2 aromatic rings. The molecule has 160 valence electrons. The number of aliphatic imine (C=N–C) groups is 1. The van der Waals surface area contributed by atoms with Crippen LogP contribution < -0.4 is 0 Å². The minimum absolute atomic E-state index is 0.0627. The Balaban J connectivity index is 1.75. The first-order valence-corrected chi connectivity index (χ1v) is 12.1. The summed E-state index contributed by atoms with van der Waals surface area (Å²) in [6, 6.07) is 10.1. The Morgan fingerprint density at radius 3 is 2.61 bits per heavy atom. The van der Waals surface area contributed by atoms with E-state index in [1.807, 2.05) is 45.0 Å². The normalized spacial score (nSPS) is 17.8. The number of hydrogen-bond donors (Lipinski definition) is 1. The summed E-state index contributed by atoms with van der Waals surface area (Å²) in [6.45, 7) is 7.47. The topological polar surface area (TPSA) is 108 Å². The highest BCUT2D eigenvalue weighted by molar-refractivity contribution is 8.42. The van der Waals surface area contributed by atoms with Crippen LogP contribution in [0.15, 0.2) is 46.0 Å². The van der Waals surface area contributed by atoms with Crippen molar-refractivity contribution in [3.63, 3.8) is 0 Å². The lowest BCUT2D eigenvalue weighted by Crippen LogP contribution is -2.35. The van der Waals surface area contributed by atoms with Crippen molar-refractivity contribution in [2.24, 2.45) is 10.1 Å². The molecule has 0 bridgehead atoms. The van der Waals surface area contributed by atoms with Crippen LogP contribution in [0.4, 0.5) is 0 Å². The molecular weight excluding hydrogens is 434 g/mol. The van der Waals surface area contributed by atoms with Gasteiger partial charge in [0, 0.05) is 17.1 Å². The summed E-state index contributed by atoms with van der Waals surface area (Å²) in [5.74, 6) is -0.895. The van der Waals surface area contributed by atoms with Gasteiger partial charge in [-0.15, -0.1) is 5.10 Å². The Morgan fingerprint density at radius 1 is 1.19 bits per heavy atom. The quantitative estimate of drug-likeness (QED) is 0.714. The fourth-order valence-corrected chi connectivity index (χ4v) is 5.64. The number of nitrogens with one attached hydrogen (secondary N) is 1. The maximum Gasteiger partial charge on any atom is 0.283 e. The van der Waals surface area contributed by atoms with E-state index in [9.17, 15) is 13.2 Å². The molecule has 0 radical (unpaired) electrons. The molecule has 0 atom stereocenters. The van der Waals surface area contributed by atoms with Crippen LogP contribution in [0, 0.1) is 26.2 Å². The van der Waals surface area contributed by atoms with Crippen molar-refractivity contribution in [1.82, 2.24) is 9.58 Å². The summed E-state index contributed by atoms with van der Waals surface area (Å²) in [7, 11) is -3.56. The summed E-state index contributed by atoms with van der Waals surface area (Å²) in [5.41, 5.74) is 4.90. The van der Waals surface area contributed by atoms with Gasteiger partial charge in [-0.2, -0.15) is 10.0 Å². The number of hydrazone groups is 1. The summed E-state index contributed by atoms with van der Waals surface area (Å²) >= 11 is 0.795. The van der Waals surface area contributed by atoms with Crippen molar-refractivity contribution in [2.45, 2.75) is 27.7 Å². The standard InChI is InChI=1S/C21H21N5O3S2/c1-5-31(28,29)21-24-26-18(22)17(19(27)23-20(26)30-21)11-15-10-13(3)25(14(15)4)16-8-6-7-12(2)9-16/h6-11,22H,5H2,1-4H3/b17-11-,22-18?. The van der Waals surface area contributed by atoms with E-state index in [-0.39, 0.29) is 26.7 Å². The molecule has 0 saturated carbocycles. The lowest BCUT2D eigenvalue weighted by molar-refractivity contribution is -0.114. The molecule has 1 amide bonds. The highest BCUT2D eigenvalue weighted by atomic mass is 32.3. The van der Waals surface area contributed by atoms with Gasteiger partial charge in [-0.3, -0.25) is 10.2 Å². The third-order valence-corrected chi connectivity index (χ3v) is 8.20. The Morgan fingerprint density at radius 2 is 1.94 bits per heavy atom. The Kier molecular flexibility index (Phi) is 5.22. The van der Waals surface area contributed by atoms with Gasteiger partial charge in [0.1, 0.15) is 0 Å². The Bertz CT molecular complexity index is 1330. The van der Waals surface area contributed by atoms with E-state index in [1.54, 1.807) is 6.08 Å². The number of thioether (sulfide) groups is 1. The van der Waals surface area contributed by atoms with Gasteiger partial charge in [0.05, 0.1) is 11.3 Å². The van der Waals surface area contributed by atoms with Crippen LogP contribution in [0.25, 0.3) is 11.8 Å². The number of aryl methyl sites for hydroxylation is 2. The van der Waals surface area contributed by atoms with Crippen LogP contribution in [0.2, 0.25) is 0 Å². The van der Waals surface area contributed by atoms with Gasteiger partial charge in [0.15, 0.2) is 5.84 Å². The van der Waals surface area contributed by atoms with Crippen LogP contribution in [0.3, 0.4) is 0 Å². The number of aromatic nitrogens is 1. The Hall–Kier alpha value is -2.98. The highest BCUT2D eigenvalue weighted by Gasteiger charge is 2.39. The molecule has 1 aromatic carbocycles. The van der Waals surface area contributed by atoms with Crippen molar-refractivity contribution >= 4 is 49.0 Å². The van der Waals surface area contributed by atoms with E-state index in [0.717, 1.165) is 45.0 Å². The summed E-state index contributed by atoms with van der Waals surface area (Å²) in [4.78, 5) is 16.6. The summed E-state index contributed by atoms with van der Waals surface area (Å²) in [5, 5.41) is 13.7. The average Bonchev–Trinajstić information content (AvgIpc) is 3.26. The van der Waals surface area contributed by atoms with Crippen LogP contribution in [-0.4, -0.2) is 45.0 Å². The number of carbonyl (C=O) groups excluding carboxylic acids is 1. The number of amides is 1. The molecule has 0 aliphatic carbocycles. The monoisotopic (exact) mass is 455 g/mol. The maximum absolute atomic E-state index is 12.7. The molecule has 0 unspecified atom stereocenters. The number of benzene rings is 1. The second kappa shape index (κ2) is 7.61. The average molecular weight is 456 g/mol. The van der Waals surface area contributed by atoms with Gasteiger partial charge in [0.25, 0.3) is 5.91 Å². The third-order valence-electron chi connectivity index (χ3n) is 5.11. The number of rotatable bonds is 3. The first kappa shape index (κ1) is 21.3. The van der Waals surface area contributed by atoms with Crippen molar-refractivity contribution in [3.05, 3.63) is 58.4 Å². The molecule has 1 aromatic heterocycles. The van der Waals surface area contributed by atoms with Crippen LogP contribution in [0.1, 0.15) is 29.4 Å². The molecule has 2 aliphatic heterocycles. The number of carbonyl (C=O) groups is 1. The van der Waals surface area contributed by atoms with Gasteiger partial charge >= 0.3 is 0 Å². The molecular formula is C21H21N5O3S2. The maximum atomic E-state index is 12.7. The van der Waals surface area contributed by atoms with Gasteiger partial charge in [-0.05, 0) is 67.9 Å². The lowest BCUT2D eigenvalue weighted by atomic mass is 10.1. The van der Waals surface area contributed by atoms with E-state index in [0.29, 0.717) is 0 Å². The molecule has 3 heterocycles. The minimum atomic E-state index is -3.56. The number of sulfone groups is 1. The molecule has 31 heavy (non-hydrogen) atoms. The van der Waals surface area contributed by atoms with Crippen LogP contribution in [0.5, 0.6) is 0 Å². The van der Waals surface area contributed by atoms with Crippen molar-refractivity contribution in [1.29, 1.82) is 5.41 Å². The number of fused-ring (bicyclic) bond motifs is 1. The van der Waals surface area contributed by atoms with E-state index >= 15 is 0 Å². The zero-order chi connectivity index (χ0) is 22.5. The number of nitrogens with zero attached hydrogens (tertiary/aromatic N) is 4. The van der Waals surface area contributed by atoms with Gasteiger partial charge in [0.2, 0.25) is 19.4 Å². The molecule has 10 heteroatoms. The predicted octanol–water partition coefficient (Wildman–Crippen LogP) is 3.41. The molecule has 0 fully saturated rings. The van der Waals surface area contributed by atoms with Crippen molar-refractivity contribution in [3.8, 4) is 5.69 Å². The smallest absolute Gasteiger partial charge is 0.283 e. The minimum Gasteiger partial charge on any atom is -0.318 e. The zero-order valence-corrected chi connectivity index (χ0v) is 19.1. The summed E-state index contributed by atoms with van der Waals surface area (Å²) < 4.78 is 26.2. The van der Waals surface area contributed by atoms with Gasteiger partial charge in [-0.25, -0.2) is 8.42 Å². The lowest BCUT2D eigenvalue weighted by Gasteiger charge is -2.20. The number of hydrogen-bond acceptors (Lipinski definition) is 6. The number of amidine groups is 2. The first-order valence-electron chi connectivity index (χ1n) is 9.61. The van der Waals surface area contributed by atoms with E-state index in [1.165, 1.54) is 6.92 Å². The van der Waals surface area contributed by atoms with E-state index in [2.05, 4.69) is 20.7 Å². The Labute approximate surface area is 184 Å². The third kappa shape index (κ3) is 3.66. The van der Waals surface area contributed by atoms with Crippen molar-refractivity contribution in [2.75, 3.05) is 5.75 Å². The largest absolute Gasteiger partial charge is 0.318 e.